The van der Waals surface area contributed by atoms with E-state index in [9.17, 15) is 0 Å². The van der Waals surface area contributed by atoms with Gasteiger partial charge < -0.3 is 0 Å². The Morgan fingerprint density at radius 3 is 2.56 bits per heavy atom. The summed E-state index contributed by atoms with van der Waals surface area (Å²) in [5, 5.41) is 3.29. The predicted molar refractivity (Wildman–Crippen MR) is 83.2 cm³/mol. The van der Waals surface area contributed by atoms with Crippen LogP contribution >= 0.6 is 11.3 Å². The molecule has 1 nitrogen and oxygen atoms in total. The first-order valence-electron chi connectivity index (χ1n) is 7.24. The van der Waals surface area contributed by atoms with Gasteiger partial charge in [0.25, 0.3) is 0 Å². The van der Waals surface area contributed by atoms with Crippen molar-refractivity contribution < 1.29 is 0 Å². The van der Waals surface area contributed by atoms with Crippen molar-refractivity contribution in [3.05, 3.63) is 22.7 Å². The Balaban J connectivity index is 2.68. The minimum atomic E-state index is 0.264. The first-order chi connectivity index (χ1) is 8.66. The maximum absolute atomic E-state index is 4.72. The highest BCUT2D eigenvalue weighted by molar-refractivity contribution is 7.10. The van der Waals surface area contributed by atoms with Crippen LogP contribution in [0.25, 0.3) is 6.08 Å². The third-order valence-electron chi connectivity index (χ3n) is 3.70. The van der Waals surface area contributed by atoms with E-state index in [1.807, 2.05) is 6.08 Å². The van der Waals surface area contributed by atoms with Crippen LogP contribution in [0.5, 0.6) is 0 Å². The molecular formula is C16H27NS. The Kier molecular flexibility index (Phi) is 6.62. The van der Waals surface area contributed by atoms with E-state index < -0.39 is 0 Å². The molecule has 0 bridgehead atoms. The van der Waals surface area contributed by atoms with E-state index in [1.165, 1.54) is 50.6 Å². The van der Waals surface area contributed by atoms with Gasteiger partial charge in [0.2, 0.25) is 0 Å². The van der Waals surface area contributed by atoms with Crippen LogP contribution in [0.3, 0.4) is 0 Å². The maximum Gasteiger partial charge on any atom is 0.115 e. The first-order valence-corrected chi connectivity index (χ1v) is 8.12. The molecule has 0 saturated heterocycles. The molecule has 18 heavy (non-hydrogen) atoms. The van der Waals surface area contributed by atoms with Crippen molar-refractivity contribution in [1.29, 1.82) is 0 Å². The molecule has 1 heterocycles. The third kappa shape index (κ3) is 4.24. The van der Waals surface area contributed by atoms with Crippen molar-refractivity contribution in [2.75, 3.05) is 0 Å². The van der Waals surface area contributed by atoms with Gasteiger partial charge in [0.15, 0.2) is 0 Å². The van der Waals surface area contributed by atoms with Crippen molar-refractivity contribution in [3.63, 3.8) is 0 Å². The second-order valence-electron chi connectivity index (χ2n) is 5.40. The molecule has 0 saturated carbocycles. The standard InChI is InChI=1S/C16H27NS/c1-5-8-9-10-12-16(4,11-6-2)14-13-18-15(7-3)17-14/h7,13H,3,5-6,8-12H2,1-2,4H3. The second kappa shape index (κ2) is 7.73. The van der Waals surface area contributed by atoms with Crippen molar-refractivity contribution in [2.24, 2.45) is 0 Å². The Morgan fingerprint density at radius 1 is 1.22 bits per heavy atom. The van der Waals surface area contributed by atoms with E-state index >= 15 is 0 Å². The van der Waals surface area contributed by atoms with Crippen molar-refractivity contribution >= 4 is 17.4 Å². The third-order valence-corrected chi connectivity index (χ3v) is 4.54. The molecule has 0 aliphatic carbocycles. The number of aromatic nitrogens is 1. The molecule has 0 aromatic carbocycles. The minimum absolute atomic E-state index is 0.264. The van der Waals surface area contributed by atoms with Crippen LogP contribution in [0.1, 0.15) is 76.4 Å². The SMILES string of the molecule is C=Cc1nc(C(C)(CCC)CCCCCC)cs1. The van der Waals surface area contributed by atoms with Crippen molar-refractivity contribution in [2.45, 2.75) is 71.1 Å². The molecule has 0 aliphatic rings. The first kappa shape index (κ1) is 15.4. The fourth-order valence-corrected chi connectivity index (χ4v) is 3.35. The largest absolute Gasteiger partial charge is 0.241 e. The Morgan fingerprint density at radius 2 is 2.00 bits per heavy atom. The van der Waals surface area contributed by atoms with Crippen molar-refractivity contribution in [1.82, 2.24) is 4.98 Å². The molecule has 2 heteroatoms. The van der Waals surface area contributed by atoms with Crippen molar-refractivity contribution in [3.8, 4) is 0 Å². The van der Waals surface area contributed by atoms with Gasteiger partial charge >= 0.3 is 0 Å². The molecule has 0 aliphatic heterocycles. The highest BCUT2D eigenvalue weighted by Crippen LogP contribution is 2.35. The van der Waals surface area contributed by atoms with E-state index in [2.05, 4.69) is 32.7 Å². The average Bonchev–Trinajstić information content (AvgIpc) is 2.84. The van der Waals surface area contributed by atoms with Gasteiger partial charge in [0, 0.05) is 10.8 Å². The Bertz CT molecular complexity index is 356. The summed E-state index contributed by atoms with van der Waals surface area (Å²) in [5.41, 5.74) is 1.54. The lowest BCUT2D eigenvalue weighted by Gasteiger charge is -2.27. The number of thiazole rings is 1. The molecule has 102 valence electrons. The fourth-order valence-electron chi connectivity index (χ4n) is 2.53. The fraction of sp³-hybridized carbons (Fsp3) is 0.688. The zero-order chi connectivity index (χ0) is 13.4. The minimum Gasteiger partial charge on any atom is -0.241 e. The van der Waals surface area contributed by atoms with Crippen LogP contribution in [-0.2, 0) is 5.41 Å². The molecule has 1 aromatic heterocycles. The van der Waals surface area contributed by atoms with Gasteiger partial charge in [-0.05, 0) is 18.9 Å². The second-order valence-corrected chi connectivity index (χ2v) is 6.29. The summed E-state index contributed by atoms with van der Waals surface area (Å²) in [5.74, 6) is 0. The molecule has 0 N–H and O–H groups in total. The zero-order valence-electron chi connectivity index (χ0n) is 12.2. The summed E-state index contributed by atoms with van der Waals surface area (Å²) in [6.45, 7) is 10.7. The van der Waals surface area contributed by atoms with Gasteiger partial charge in [-0.15, -0.1) is 11.3 Å². The van der Waals surface area contributed by atoms with Crippen LogP contribution in [0.15, 0.2) is 12.0 Å². The molecule has 1 aromatic rings. The summed E-state index contributed by atoms with van der Waals surface area (Å²) in [6, 6.07) is 0. The normalized spacial score (nSPS) is 14.4. The zero-order valence-corrected chi connectivity index (χ0v) is 13.0. The van der Waals surface area contributed by atoms with E-state index in [-0.39, 0.29) is 5.41 Å². The highest BCUT2D eigenvalue weighted by Gasteiger charge is 2.27. The average molecular weight is 265 g/mol. The van der Waals surface area contributed by atoms with Crippen LogP contribution in [-0.4, -0.2) is 4.98 Å². The lowest BCUT2D eigenvalue weighted by molar-refractivity contribution is 0.369. The van der Waals surface area contributed by atoms with Crippen LogP contribution < -0.4 is 0 Å². The van der Waals surface area contributed by atoms with E-state index in [1.54, 1.807) is 11.3 Å². The predicted octanol–water partition coefficient (Wildman–Crippen LogP) is 5.81. The summed E-state index contributed by atoms with van der Waals surface area (Å²) in [7, 11) is 0. The summed E-state index contributed by atoms with van der Waals surface area (Å²) in [6.07, 6.45) is 10.9. The van der Waals surface area contributed by atoms with E-state index in [0.29, 0.717) is 0 Å². The number of hydrogen-bond acceptors (Lipinski definition) is 2. The number of rotatable bonds is 9. The lowest BCUT2D eigenvalue weighted by Crippen LogP contribution is -2.22. The van der Waals surface area contributed by atoms with Crippen LogP contribution in [0, 0.1) is 0 Å². The molecular weight excluding hydrogens is 238 g/mol. The molecule has 1 unspecified atom stereocenters. The quantitative estimate of drug-likeness (QED) is 0.513. The van der Waals surface area contributed by atoms with Gasteiger partial charge in [-0.1, -0.05) is 59.5 Å². The summed E-state index contributed by atoms with van der Waals surface area (Å²) < 4.78 is 0. The topological polar surface area (TPSA) is 12.9 Å². The highest BCUT2D eigenvalue weighted by atomic mass is 32.1. The Hall–Kier alpha value is -0.630. The molecule has 1 atom stereocenters. The molecule has 0 fully saturated rings. The monoisotopic (exact) mass is 265 g/mol. The smallest absolute Gasteiger partial charge is 0.115 e. The summed E-state index contributed by atoms with van der Waals surface area (Å²) in [4.78, 5) is 4.72. The van der Waals surface area contributed by atoms with Gasteiger partial charge in [0.05, 0.1) is 5.69 Å². The molecule has 0 spiro atoms. The van der Waals surface area contributed by atoms with E-state index in [0.717, 1.165) is 5.01 Å². The summed E-state index contributed by atoms with van der Waals surface area (Å²) >= 11 is 1.72. The molecule has 1 rings (SSSR count). The number of unbranched alkanes of at least 4 members (excludes halogenated alkanes) is 3. The Labute approximate surface area is 116 Å². The van der Waals surface area contributed by atoms with E-state index in [4.69, 9.17) is 4.98 Å². The van der Waals surface area contributed by atoms with Gasteiger partial charge in [-0.25, -0.2) is 4.98 Å². The molecule has 0 radical (unpaired) electrons. The van der Waals surface area contributed by atoms with Crippen LogP contribution in [0.4, 0.5) is 0 Å². The van der Waals surface area contributed by atoms with Gasteiger partial charge in [-0.3, -0.25) is 0 Å². The molecule has 0 amide bonds. The van der Waals surface area contributed by atoms with Gasteiger partial charge in [0.1, 0.15) is 5.01 Å². The van der Waals surface area contributed by atoms with Gasteiger partial charge in [-0.2, -0.15) is 0 Å². The lowest BCUT2D eigenvalue weighted by atomic mass is 9.78. The number of hydrogen-bond donors (Lipinski definition) is 0. The maximum atomic E-state index is 4.72. The number of nitrogens with zero attached hydrogens (tertiary/aromatic N) is 1. The van der Waals surface area contributed by atoms with Crippen LogP contribution in [0.2, 0.25) is 0 Å².